The van der Waals surface area contributed by atoms with Crippen molar-refractivity contribution in [2.75, 3.05) is 39.3 Å². The van der Waals surface area contributed by atoms with Gasteiger partial charge in [0.25, 0.3) is 0 Å². The van der Waals surface area contributed by atoms with Crippen molar-refractivity contribution in [2.24, 2.45) is 0 Å². The van der Waals surface area contributed by atoms with Gasteiger partial charge >= 0.3 is 0 Å². The van der Waals surface area contributed by atoms with Crippen LogP contribution in [0.15, 0.2) is 34.9 Å². The Labute approximate surface area is 203 Å². The summed E-state index contributed by atoms with van der Waals surface area (Å²) in [7, 11) is 0. The number of nitrogens with zero attached hydrogens (tertiary/aromatic N) is 4. The lowest BCUT2D eigenvalue weighted by atomic mass is 9.93. The highest BCUT2D eigenvalue weighted by Gasteiger charge is 2.35. The SMILES string of the molecule is CC(=O)N1CCN(C2CCN(C3c4ccc(Cl)cc4CCc4cc(Br)cnc43)CC2)CC1. The largest absolute Gasteiger partial charge is 0.340 e. The first-order chi connectivity index (χ1) is 15.5. The molecule has 32 heavy (non-hydrogen) atoms. The second-order valence-electron chi connectivity index (χ2n) is 9.25. The standard InChI is InChI=1S/C25H30BrClN4O/c1-17(32)29-10-12-30(13-11-29)22-6-8-31(9-7-22)25-23-5-4-21(27)15-18(23)2-3-19-14-20(26)16-28-24(19)25/h4-5,14-16,22,25H,2-3,6-13H2,1H3. The van der Waals surface area contributed by atoms with Crippen LogP contribution >= 0.6 is 27.5 Å². The molecule has 1 aliphatic carbocycles. The number of rotatable bonds is 2. The highest BCUT2D eigenvalue weighted by Crippen LogP contribution is 2.39. The Morgan fingerprint density at radius 2 is 1.72 bits per heavy atom. The fraction of sp³-hybridized carbons (Fsp3) is 0.520. The zero-order chi connectivity index (χ0) is 22.2. The van der Waals surface area contributed by atoms with Crippen LogP contribution in [0, 0.1) is 0 Å². The van der Waals surface area contributed by atoms with Gasteiger partial charge in [-0.3, -0.25) is 19.6 Å². The molecule has 0 radical (unpaired) electrons. The molecule has 1 atom stereocenters. The molecule has 0 N–H and O–H groups in total. The van der Waals surface area contributed by atoms with Gasteiger partial charge in [-0.1, -0.05) is 17.7 Å². The molecule has 5 nitrogen and oxygen atoms in total. The van der Waals surface area contributed by atoms with Crippen molar-refractivity contribution in [1.29, 1.82) is 0 Å². The van der Waals surface area contributed by atoms with E-state index in [0.717, 1.165) is 74.4 Å². The van der Waals surface area contributed by atoms with Gasteiger partial charge in [-0.15, -0.1) is 0 Å². The molecule has 0 spiro atoms. The molecule has 1 unspecified atom stereocenters. The number of benzene rings is 1. The number of pyridine rings is 1. The second-order valence-corrected chi connectivity index (χ2v) is 10.6. The maximum absolute atomic E-state index is 11.7. The molecule has 2 aromatic rings. The molecule has 3 heterocycles. The van der Waals surface area contributed by atoms with Gasteiger partial charge in [0.05, 0.1) is 11.7 Å². The molecule has 2 fully saturated rings. The number of fused-ring (bicyclic) bond motifs is 2. The van der Waals surface area contributed by atoms with Gasteiger partial charge in [-0.2, -0.15) is 0 Å². The van der Waals surface area contributed by atoms with Gasteiger partial charge < -0.3 is 4.90 Å². The minimum atomic E-state index is 0.184. The first kappa shape index (κ1) is 22.3. The van der Waals surface area contributed by atoms with E-state index in [2.05, 4.69) is 43.9 Å². The molecule has 0 bridgehead atoms. The van der Waals surface area contributed by atoms with E-state index in [1.807, 2.05) is 17.2 Å². The molecular weight excluding hydrogens is 488 g/mol. The van der Waals surface area contributed by atoms with Crippen LogP contribution in [0.25, 0.3) is 0 Å². The van der Waals surface area contributed by atoms with Gasteiger partial charge in [0.2, 0.25) is 5.91 Å². The van der Waals surface area contributed by atoms with Crippen molar-refractivity contribution in [1.82, 2.24) is 19.7 Å². The van der Waals surface area contributed by atoms with Crippen molar-refractivity contribution >= 4 is 33.4 Å². The van der Waals surface area contributed by atoms with Crippen LogP contribution in [0.1, 0.15) is 48.2 Å². The highest BCUT2D eigenvalue weighted by atomic mass is 79.9. The lowest BCUT2D eigenvalue weighted by Crippen LogP contribution is -2.54. The molecule has 1 aromatic heterocycles. The molecule has 1 aromatic carbocycles. The normalized spacial score (nSPS) is 22.8. The lowest BCUT2D eigenvalue weighted by molar-refractivity contribution is -0.131. The predicted octanol–water partition coefficient (Wildman–Crippen LogP) is 4.31. The molecule has 170 valence electrons. The number of hydrogen-bond donors (Lipinski definition) is 0. The third-order valence-corrected chi connectivity index (χ3v) is 8.10. The minimum absolute atomic E-state index is 0.184. The lowest BCUT2D eigenvalue weighted by Gasteiger charge is -2.44. The number of piperidine rings is 1. The Morgan fingerprint density at radius 1 is 1.00 bits per heavy atom. The summed E-state index contributed by atoms with van der Waals surface area (Å²) in [5.41, 5.74) is 5.23. The third kappa shape index (κ3) is 4.47. The first-order valence-corrected chi connectivity index (χ1v) is 12.8. The summed E-state index contributed by atoms with van der Waals surface area (Å²) in [6, 6.07) is 9.42. The Kier molecular flexibility index (Phi) is 6.57. The van der Waals surface area contributed by atoms with Crippen LogP contribution in [-0.4, -0.2) is 70.9 Å². The van der Waals surface area contributed by atoms with Crippen LogP contribution in [-0.2, 0) is 17.6 Å². The van der Waals surface area contributed by atoms with Crippen LogP contribution in [0.2, 0.25) is 5.02 Å². The Morgan fingerprint density at radius 3 is 2.44 bits per heavy atom. The third-order valence-electron chi connectivity index (χ3n) is 7.43. The summed E-state index contributed by atoms with van der Waals surface area (Å²) in [6.07, 6.45) is 6.24. The number of piperazine rings is 1. The molecule has 7 heteroatoms. The summed E-state index contributed by atoms with van der Waals surface area (Å²) in [5, 5.41) is 0.811. The number of aryl methyl sites for hydroxylation is 2. The number of halogens is 2. The van der Waals surface area contributed by atoms with Crippen LogP contribution in [0.4, 0.5) is 0 Å². The molecule has 5 rings (SSSR count). The number of carbonyl (C=O) groups is 1. The number of hydrogen-bond acceptors (Lipinski definition) is 4. The predicted molar refractivity (Wildman–Crippen MR) is 131 cm³/mol. The topological polar surface area (TPSA) is 39.7 Å². The zero-order valence-electron chi connectivity index (χ0n) is 18.6. The van der Waals surface area contributed by atoms with E-state index in [1.54, 1.807) is 6.92 Å². The van der Waals surface area contributed by atoms with Gasteiger partial charge in [-0.25, -0.2) is 0 Å². The molecule has 0 saturated carbocycles. The maximum Gasteiger partial charge on any atom is 0.219 e. The first-order valence-electron chi connectivity index (χ1n) is 11.7. The van der Waals surface area contributed by atoms with Gasteiger partial charge in [0, 0.05) is 67.9 Å². The van der Waals surface area contributed by atoms with Crippen LogP contribution in [0.5, 0.6) is 0 Å². The zero-order valence-corrected chi connectivity index (χ0v) is 20.9. The summed E-state index contributed by atoms with van der Waals surface area (Å²) in [5.74, 6) is 0.199. The molecule has 2 aliphatic heterocycles. The summed E-state index contributed by atoms with van der Waals surface area (Å²) < 4.78 is 1.04. The van der Waals surface area contributed by atoms with E-state index < -0.39 is 0 Å². The minimum Gasteiger partial charge on any atom is -0.340 e. The Balaban J connectivity index is 1.36. The Bertz CT molecular complexity index is 946. The Hall–Kier alpha value is -1.47. The molecular formula is C25H30BrClN4O. The number of aromatic nitrogens is 1. The van der Waals surface area contributed by atoms with Gasteiger partial charge in [0.15, 0.2) is 0 Å². The number of amides is 1. The van der Waals surface area contributed by atoms with Crippen LogP contribution in [0.3, 0.4) is 0 Å². The van der Waals surface area contributed by atoms with Crippen molar-refractivity contribution in [3.8, 4) is 0 Å². The fourth-order valence-electron chi connectivity index (χ4n) is 5.69. The monoisotopic (exact) mass is 516 g/mol. The summed E-state index contributed by atoms with van der Waals surface area (Å²) >= 11 is 9.98. The molecule has 3 aliphatic rings. The van der Waals surface area contributed by atoms with Crippen molar-refractivity contribution in [2.45, 2.75) is 44.7 Å². The average Bonchev–Trinajstić information content (AvgIpc) is 2.95. The summed E-state index contributed by atoms with van der Waals surface area (Å²) in [6.45, 7) is 7.50. The van der Waals surface area contributed by atoms with Gasteiger partial charge in [-0.05, 0) is 76.5 Å². The van der Waals surface area contributed by atoms with E-state index in [9.17, 15) is 4.79 Å². The van der Waals surface area contributed by atoms with Crippen LogP contribution < -0.4 is 0 Å². The molecule has 2 saturated heterocycles. The fourth-order valence-corrected chi connectivity index (χ4v) is 6.27. The van der Waals surface area contributed by atoms with Crippen molar-refractivity contribution < 1.29 is 4.79 Å². The van der Waals surface area contributed by atoms with Crippen molar-refractivity contribution in [3.63, 3.8) is 0 Å². The van der Waals surface area contributed by atoms with E-state index in [0.29, 0.717) is 6.04 Å². The highest BCUT2D eigenvalue weighted by molar-refractivity contribution is 9.10. The second kappa shape index (κ2) is 9.41. The van der Waals surface area contributed by atoms with E-state index in [4.69, 9.17) is 16.6 Å². The smallest absolute Gasteiger partial charge is 0.219 e. The van der Waals surface area contributed by atoms with E-state index in [-0.39, 0.29) is 11.9 Å². The summed E-state index contributed by atoms with van der Waals surface area (Å²) in [4.78, 5) is 23.8. The number of carbonyl (C=O) groups excluding carboxylic acids is 1. The quantitative estimate of drug-likeness (QED) is 0.595. The maximum atomic E-state index is 11.7. The average molecular weight is 518 g/mol. The van der Waals surface area contributed by atoms with Crippen molar-refractivity contribution in [3.05, 3.63) is 62.3 Å². The molecule has 1 amide bonds. The van der Waals surface area contributed by atoms with Gasteiger partial charge in [0.1, 0.15) is 0 Å². The van der Waals surface area contributed by atoms with E-state index in [1.165, 1.54) is 22.4 Å². The van der Waals surface area contributed by atoms with E-state index >= 15 is 0 Å². The number of likely N-dealkylation sites (tertiary alicyclic amines) is 1.